The second-order valence-electron chi connectivity index (χ2n) is 5.83. The van der Waals surface area contributed by atoms with Gasteiger partial charge >= 0.3 is 0 Å². The van der Waals surface area contributed by atoms with Crippen LogP contribution in [0.15, 0.2) is 10.6 Å². The molecule has 1 aliphatic heterocycles. The molecule has 0 saturated carbocycles. The number of aromatic nitrogens is 4. The first-order chi connectivity index (χ1) is 9.96. The lowest BCUT2D eigenvalue weighted by molar-refractivity contribution is 0.0115. The number of piperidine rings is 1. The summed E-state index contributed by atoms with van der Waals surface area (Å²) >= 11 is 0. The van der Waals surface area contributed by atoms with Crippen LogP contribution in [0.25, 0.3) is 0 Å². The van der Waals surface area contributed by atoms with Crippen molar-refractivity contribution in [2.24, 2.45) is 7.05 Å². The SMILES string of the molecule is Cc1cc(CN2CCCC(F)(c3nc(C)no3)C2)n(C)n1. The van der Waals surface area contributed by atoms with Gasteiger partial charge in [0, 0.05) is 20.1 Å². The Kier molecular flexibility index (Phi) is 3.52. The van der Waals surface area contributed by atoms with Crippen molar-refractivity contribution in [1.29, 1.82) is 0 Å². The smallest absolute Gasteiger partial charge is 0.265 e. The van der Waals surface area contributed by atoms with Crippen LogP contribution in [0.5, 0.6) is 0 Å². The molecule has 1 aliphatic rings. The highest BCUT2D eigenvalue weighted by atomic mass is 19.1. The minimum atomic E-state index is -1.55. The molecule has 6 nitrogen and oxygen atoms in total. The number of hydrogen-bond acceptors (Lipinski definition) is 5. The van der Waals surface area contributed by atoms with Crippen molar-refractivity contribution < 1.29 is 8.91 Å². The topological polar surface area (TPSA) is 60.0 Å². The number of likely N-dealkylation sites (tertiary alicyclic amines) is 1. The lowest BCUT2D eigenvalue weighted by Gasteiger charge is -2.34. The van der Waals surface area contributed by atoms with Crippen molar-refractivity contribution in [2.45, 2.75) is 38.9 Å². The maximum atomic E-state index is 15.1. The maximum absolute atomic E-state index is 15.1. The van der Waals surface area contributed by atoms with Crippen molar-refractivity contribution in [3.63, 3.8) is 0 Å². The molecule has 1 unspecified atom stereocenters. The van der Waals surface area contributed by atoms with Crippen LogP contribution in [0, 0.1) is 13.8 Å². The molecule has 0 N–H and O–H groups in total. The fourth-order valence-corrected chi connectivity index (χ4v) is 2.93. The third-order valence-corrected chi connectivity index (χ3v) is 3.92. The van der Waals surface area contributed by atoms with Crippen molar-refractivity contribution in [3.05, 3.63) is 29.2 Å². The molecule has 21 heavy (non-hydrogen) atoms. The zero-order chi connectivity index (χ0) is 15.0. The van der Waals surface area contributed by atoms with Gasteiger partial charge in [0.25, 0.3) is 5.89 Å². The summed E-state index contributed by atoms with van der Waals surface area (Å²) in [6.07, 6.45) is 1.20. The molecule has 114 valence electrons. The highest BCUT2D eigenvalue weighted by Gasteiger charge is 2.42. The Balaban J connectivity index is 1.75. The highest BCUT2D eigenvalue weighted by molar-refractivity contribution is 5.10. The predicted octanol–water partition coefficient (Wildman–Crippen LogP) is 1.88. The first-order valence-electron chi connectivity index (χ1n) is 7.18. The Labute approximate surface area is 122 Å². The third-order valence-electron chi connectivity index (χ3n) is 3.92. The average molecular weight is 293 g/mol. The average Bonchev–Trinajstić information content (AvgIpc) is 2.97. The molecule has 1 fully saturated rings. The Morgan fingerprint density at radius 3 is 2.86 bits per heavy atom. The first kappa shape index (κ1) is 14.2. The van der Waals surface area contributed by atoms with Gasteiger partial charge in [-0.1, -0.05) is 5.16 Å². The van der Waals surface area contributed by atoms with E-state index in [9.17, 15) is 0 Å². The number of hydrogen-bond donors (Lipinski definition) is 0. The highest BCUT2D eigenvalue weighted by Crippen LogP contribution is 2.35. The molecule has 0 radical (unpaired) electrons. The van der Waals surface area contributed by atoms with Crippen LogP contribution in [-0.2, 0) is 19.3 Å². The minimum Gasteiger partial charge on any atom is -0.336 e. The Bertz CT molecular complexity index is 637. The molecule has 1 saturated heterocycles. The molecular weight excluding hydrogens is 273 g/mol. The molecule has 0 aromatic carbocycles. The second kappa shape index (κ2) is 5.22. The lowest BCUT2D eigenvalue weighted by atomic mass is 9.94. The molecule has 1 atom stereocenters. The molecule has 2 aromatic heterocycles. The van der Waals surface area contributed by atoms with Gasteiger partial charge in [-0.25, -0.2) is 4.39 Å². The van der Waals surface area contributed by atoms with E-state index in [1.807, 2.05) is 24.7 Å². The van der Waals surface area contributed by atoms with Crippen molar-refractivity contribution in [2.75, 3.05) is 13.1 Å². The van der Waals surface area contributed by atoms with Crippen LogP contribution in [-0.4, -0.2) is 37.9 Å². The van der Waals surface area contributed by atoms with Crippen LogP contribution in [0.4, 0.5) is 4.39 Å². The number of alkyl halides is 1. The van der Waals surface area contributed by atoms with Crippen LogP contribution < -0.4 is 0 Å². The third kappa shape index (κ3) is 2.83. The van der Waals surface area contributed by atoms with E-state index in [-0.39, 0.29) is 12.4 Å². The maximum Gasteiger partial charge on any atom is 0.265 e. The van der Waals surface area contributed by atoms with Crippen molar-refractivity contribution in [1.82, 2.24) is 24.8 Å². The van der Waals surface area contributed by atoms with Gasteiger partial charge in [-0.05, 0) is 39.3 Å². The zero-order valence-corrected chi connectivity index (χ0v) is 12.6. The van der Waals surface area contributed by atoms with Crippen LogP contribution in [0.3, 0.4) is 0 Å². The summed E-state index contributed by atoms with van der Waals surface area (Å²) < 4.78 is 22.0. The molecular formula is C14H20FN5O. The molecule has 2 aromatic rings. The summed E-state index contributed by atoms with van der Waals surface area (Å²) in [5, 5.41) is 8.03. The van der Waals surface area contributed by atoms with E-state index in [0.717, 1.165) is 24.4 Å². The summed E-state index contributed by atoms with van der Waals surface area (Å²) in [4.78, 5) is 6.16. The van der Waals surface area contributed by atoms with Crippen LogP contribution in [0.1, 0.15) is 35.9 Å². The summed E-state index contributed by atoms with van der Waals surface area (Å²) in [5.74, 6) is 0.576. The van der Waals surface area contributed by atoms with E-state index in [0.29, 0.717) is 18.8 Å². The van der Waals surface area contributed by atoms with Gasteiger partial charge in [-0.3, -0.25) is 9.58 Å². The molecule has 7 heteroatoms. The van der Waals surface area contributed by atoms with Gasteiger partial charge in [0.2, 0.25) is 5.67 Å². The number of aryl methyl sites for hydroxylation is 3. The van der Waals surface area contributed by atoms with E-state index in [1.54, 1.807) is 6.92 Å². The van der Waals surface area contributed by atoms with E-state index >= 15 is 4.39 Å². The lowest BCUT2D eigenvalue weighted by Crippen LogP contribution is -2.43. The monoisotopic (exact) mass is 293 g/mol. The Hall–Kier alpha value is -1.76. The summed E-state index contributed by atoms with van der Waals surface area (Å²) in [5.41, 5.74) is 0.509. The number of rotatable bonds is 3. The normalized spacial score (nSPS) is 23.6. The van der Waals surface area contributed by atoms with Crippen LogP contribution >= 0.6 is 0 Å². The molecule has 0 amide bonds. The first-order valence-corrected chi connectivity index (χ1v) is 7.18. The van der Waals surface area contributed by atoms with Gasteiger partial charge in [-0.2, -0.15) is 10.1 Å². The fraction of sp³-hybridized carbons (Fsp3) is 0.643. The summed E-state index contributed by atoms with van der Waals surface area (Å²) in [6.45, 7) is 5.48. The Morgan fingerprint density at radius 2 is 2.24 bits per heavy atom. The standard InChI is InChI=1S/C14H20FN5O/c1-10-7-12(19(3)17-10)8-20-6-4-5-14(15,9-20)13-16-11(2)18-21-13/h7H,4-6,8-9H2,1-3H3. The minimum absolute atomic E-state index is 0.103. The fourth-order valence-electron chi connectivity index (χ4n) is 2.93. The Morgan fingerprint density at radius 1 is 1.43 bits per heavy atom. The molecule has 3 rings (SSSR count). The van der Waals surface area contributed by atoms with Crippen molar-refractivity contribution in [3.8, 4) is 0 Å². The second-order valence-corrected chi connectivity index (χ2v) is 5.83. The van der Waals surface area contributed by atoms with Gasteiger partial charge in [0.1, 0.15) is 0 Å². The van der Waals surface area contributed by atoms with Gasteiger partial charge in [-0.15, -0.1) is 0 Å². The summed E-state index contributed by atoms with van der Waals surface area (Å²) in [6, 6.07) is 2.03. The largest absolute Gasteiger partial charge is 0.336 e. The predicted molar refractivity (Wildman–Crippen MR) is 74.3 cm³/mol. The molecule has 0 aliphatic carbocycles. The molecule has 3 heterocycles. The molecule has 0 spiro atoms. The van der Waals surface area contributed by atoms with E-state index in [4.69, 9.17) is 4.52 Å². The number of nitrogens with zero attached hydrogens (tertiary/aromatic N) is 5. The summed E-state index contributed by atoms with van der Waals surface area (Å²) in [7, 11) is 1.91. The van der Waals surface area contributed by atoms with Gasteiger partial charge in [0.15, 0.2) is 5.82 Å². The van der Waals surface area contributed by atoms with E-state index in [1.165, 1.54) is 0 Å². The van der Waals surface area contributed by atoms with E-state index < -0.39 is 5.67 Å². The quantitative estimate of drug-likeness (QED) is 0.864. The molecule has 0 bridgehead atoms. The van der Waals surface area contributed by atoms with Crippen molar-refractivity contribution >= 4 is 0 Å². The van der Waals surface area contributed by atoms with Gasteiger partial charge < -0.3 is 4.52 Å². The zero-order valence-electron chi connectivity index (χ0n) is 12.6. The van der Waals surface area contributed by atoms with Crippen LogP contribution in [0.2, 0.25) is 0 Å². The number of halogens is 1. The van der Waals surface area contributed by atoms with E-state index in [2.05, 4.69) is 20.1 Å². The van der Waals surface area contributed by atoms with Gasteiger partial charge in [0.05, 0.1) is 11.4 Å².